The second kappa shape index (κ2) is 6.02. The SMILES string of the molecule is CCC(Nc1c(C)ccnc1Cl)c1ccc(F)cc1. The Morgan fingerprint density at radius 2 is 1.95 bits per heavy atom. The number of hydrogen-bond acceptors (Lipinski definition) is 2. The predicted octanol–water partition coefficient (Wildman–Crippen LogP) is 4.75. The molecule has 4 heteroatoms. The second-order valence-electron chi connectivity index (χ2n) is 4.45. The fraction of sp³-hybridized carbons (Fsp3) is 0.267. The quantitative estimate of drug-likeness (QED) is 0.817. The standard InChI is InChI=1S/C15H16ClFN2/c1-3-13(11-4-6-12(17)7-5-11)19-14-10(2)8-9-18-15(14)16/h4-9,13,19H,3H2,1-2H3. The summed E-state index contributed by atoms with van der Waals surface area (Å²) in [5, 5.41) is 3.84. The summed E-state index contributed by atoms with van der Waals surface area (Å²) in [5.74, 6) is -0.228. The molecular weight excluding hydrogens is 263 g/mol. The lowest BCUT2D eigenvalue weighted by atomic mass is 10.0. The molecule has 0 fully saturated rings. The molecule has 0 saturated heterocycles. The molecule has 0 spiro atoms. The van der Waals surface area contributed by atoms with E-state index in [0.717, 1.165) is 23.2 Å². The van der Waals surface area contributed by atoms with E-state index < -0.39 is 0 Å². The van der Waals surface area contributed by atoms with Gasteiger partial charge in [0.25, 0.3) is 0 Å². The molecule has 1 aromatic carbocycles. The van der Waals surface area contributed by atoms with Crippen molar-refractivity contribution >= 4 is 17.3 Å². The van der Waals surface area contributed by atoms with Crippen LogP contribution in [0.5, 0.6) is 0 Å². The number of aromatic nitrogens is 1. The largest absolute Gasteiger partial charge is 0.376 e. The summed E-state index contributed by atoms with van der Waals surface area (Å²) < 4.78 is 13.0. The molecule has 2 aromatic rings. The van der Waals surface area contributed by atoms with E-state index in [1.54, 1.807) is 18.3 Å². The molecule has 19 heavy (non-hydrogen) atoms. The van der Waals surface area contributed by atoms with Crippen molar-refractivity contribution in [1.29, 1.82) is 0 Å². The molecule has 1 heterocycles. The minimum Gasteiger partial charge on any atom is -0.376 e. The smallest absolute Gasteiger partial charge is 0.152 e. The van der Waals surface area contributed by atoms with Crippen LogP contribution in [0.4, 0.5) is 10.1 Å². The number of halogens is 2. The van der Waals surface area contributed by atoms with Gasteiger partial charge in [0, 0.05) is 6.20 Å². The number of pyridine rings is 1. The van der Waals surface area contributed by atoms with Crippen molar-refractivity contribution in [2.45, 2.75) is 26.3 Å². The van der Waals surface area contributed by atoms with E-state index in [0.29, 0.717) is 5.15 Å². The Morgan fingerprint density at radius 1 is 1.26 bits per heavy atom. The van der Waals surface area contributed by atoms with Crippen LogP contribution in [0.1, 0.15) is 30.5 Å². The third kappa shape index (κ3) is 3.24. The molecule has 0 saturated carbocycles. The summed E-state index contributed by atoms with van der Waals surface area (Å²) in [6.07, 6.45) is 2.55. The molecule has 0 aliphatic carbocycles. The average Bonchev–Trinajstić information content (AvgIpc) is 2.40. The Kier molecular flexibility index (Phi) is 4.38. The highest BCUT2D eigenvalue weighted by molar-refractivity contribution is 6.32. The van der Waals surface area contributed by atoms with Crippen molar-refractivity contribution in [1.82, 2.24) is 4.98 Å². The van der Waals surface area contributed by atoms with Gasteiger partial charge in [-0.05, 0) is 42.7 Å². The number of hydrogen-bond donors (Lipinski definition) is 1. The van der Waals surface area contributed by atoms with Crippen LogP contribution in [0.15, 0.2) is 36.5 Å². The molecule has 100 valence electrons. The van der Waals surface area contributed by atoms with Crippen LogP contribution in [0, 0.1) is 12.7 Å². The summed E-state index contributed by atoms with van der Waals surface area (Å²) in [6.45, 7) is 4.05. The second-order valence-corrected chi connectivity index (χ2v) is 4.81. The minimum absolute atomic E-state index is 0.0843. The first-order chi connectivity index (χ1) is 9.11. The summed E-state index contributed by atoms with van der Waals surface area (Å²) in [4.78, 5) is 4.08. The molecule has 0 aliphatic heterocycles. The van der Waals surface area contributed by atoms with Crippen molar-refractivity contribution < 1.29 is 4.39 Å². The molecule has 0 bridgehead atoms. The Bertz CT molecular complexity index is 534. The Hall–Kier alpha value is -1.61. The van der Waals surface area contributed by atoms with Crippen LogP contribution in [0.25, 0.3) is 0 Å². The molecule has 1 aromatic heterocycles. The average molecular weight is 279 g/mol. The molecule has 2 rings (SSSR count). The summed E-state index contributed by atoms with van der Waals surface area (Å²) in [5.41, 5.74) is 2.91. The van der Waals surface area contributed by atoms with Crippen molar-refractivity contribution in [3.63, 3.8) is 0 Å². The number of nitrogens with zero attached hydrogens (tertiary/aromatic N) is 1. The zero-order chi connectivity index (χ0) is 13.8. The van der Waals surface area contributed by atoms with Gasteiger partial charge in [0.2, 0.25) is 0 Å². The van der Waals surface area contributed by atoms with Gasteiger partial charge in [-0.2, -0.15) is 0 Å². The first-order valence-electron chi connectivity index (χ1n) is 6.25. The topological polar surface area (TPSA) is 24.9 Å². The van der Waals surface area contributed by atoms with Gasteiger partial charge in [0.05, 0.1) is 11.7 Å². The van der Waals surface area contributed by atoms with E-state index in [1.165, 1.54) is 12.1 Å². The molecule has 0 radical (unpaired) electrons. The van der Waals surface area contributed by atoms with Crippen LogP contribution in [0.3, 0.4) is 0 Å². The molecule has 1 atom stereocenters. The fourth-order valence-electron chi connectivity index (χ4n) is 1.99. The fourth-order valence-corrected chi connectivity index (χ4v) is 2.25. The summed E-state index contributed by atoms with van der Waals surface area (Å²) in [6, 6.07) is 8.51. The van der Waals surface area contributed by atoms with Crippen molar-refractivity contribution in [3.05, 3.63) is 58.6 Å². The maximum absolute atomic E-state index is 13.0. The molecule has 1 N–H and O–H groups in total. The van der Waals surface area contributed by atoms with Crippen LogP contribution in [-0.4, -0.2) is 4.98 Å². The van der Waals surface area contributed by atoms with E-state index in [4.69, 9.17) is 11.6 Å². The lowest BCUT2D eigenvalue weighted by Crippen LogP contribution is -2.11. The molecule has 1 unspecified atom stereocenters. The van der Waals surface area contributed by atoms with E-state index in [2.05, 4.69) is 17.2 Å². The third-order valence-electron chi connectivity index (χ3n) is 3.11. The van der Waals surface area contributed by atoms with Gasteiger partial charge in [0.1, 0.15) is 5.82 Å². The highest BCUT2D eigenvalue weighted by Crippen LogP contribution is 2.29. The Balaban J connectivity index is 2.26. The van der Waals surface area contributed by atoms with E-state index in [-0.39, 0.29) is 11.9 Å². The van der Waals surface area contributed by atoms with E-state index in [1.807, 2.05) is 13.0 Å². The third-order valence-corrected chi connectivity index (χ3v) is 3.40. The van der Waals surface area contributed by atoms with E-state index >= 15 is 0 Å². The first kappa shape index (κ1) is 13.8. The normalized spacial score (nSPS) is 12.2. The monoisotopic (exact) mass is 278 g/mol. The van der Waals surface area contributed by atoms with Gasteiger partial charge in [-0.1, -0.05) is 30.7 Å². The lowest BCUT2D eigenvalue weighted by molar-refractivity contribution is 0.625. The maximum atomic E-state index is 13.0. The van der Waals surface area contributed by atoms with Gasteiger partial charge in [-0.25, -0.2) is 9.37 Å². The highest BCUT2D eigenvalue weighted by Gasteiger charge is 2.13. The van der Waals surface area contributed by atoms with Crippen molar-refractivity contribution in [2.24, 2.45) is 0 Å². The number of aryl methyl sites for hydroxylation is 1. The summed E-state index contributed by atoms with van der Waals surface area (Å²) >= 11 is 6.11. The number of rotatable bonds is 4. The zero-order valence-corrected chi connectivity index (χ0v) is 11.7. The van der Waals surface area contributed by atoms with Gasteiger partial charge >= 0.3 is 0 Å². The zero-order valence-electron chi connectivity index (χ0n) is 11.0. The number of nitrogens with one attached hydrogen (secondary N) is 1. The van der Waals surface area contributed by atoms with Gasteiger partial charge in [0.15, 0.2) is 5.15 Å². The molecule has 2 nitrogen and oxygen atoms in total. The lowest BCUT2D eigenvalue weighted by Gasteiger charge is -2.20. The predicted molar refractivity (Wildman–Crippen MR) is 77.0 cm³/mol. The minimum atomic E-state index is -0.228. The Morgan fingerprint density at radius 3 is 2.53 bits per heavy atom. The van der Waals surface area contributed by atoms with E-state index in [9.17, 15) is 4.39 Å². The molecule has 0 amide bonds. The van der Waals surface area contributed by atoms with Crippen LogP contribution >= 0.6 is 11.6 Å². The van der Waals surface area contributed by atoms with Crippen LogP contribution in [-0.2, 0) is 0 Å². The maximum Gasteiger partial charge on any atom is 0.152 e. The Labute approximate surface area is 117 Å². The molecule has 0 aliphatic rings. The number of anilines is 1. The van der Waals surface area contributed by atoms with Crippen molar-refractivity contribution in [2.75, 3.05) is 5.32 Å². The van der Waals surface area contributed by atoms with Gasteiger partial charge in [-0.3, -0.25) is 0 Å². The number of benzene rings is 1. The van der Waals surface area contributed by atoms with Crippen LogP contribution < -0.4 is 5.32 Å². The highest BCUT2D eigenvalue weighted by atomic mass is 35.5. The van der Waals surface area contributed by atoms with Crippen LogP contribution in [0.2, 0.25) is 5.15 Å². The van der Waals surface area contributed by atoms with Crippen molar-refractivity contribution in [3.8, 4) is 0 Å². The van der Waals surface area contributed by atoms with Gasteiger partial charge < -0.3 is 5.32 Å². The molecular formula is C15H16ClFN2. The van der Waals surface area contributed by atoms with Gasteiger partial charge in [-0.15, -0.1) is 0 Å². The first-order valence-corrected chi connectivity index (χ1v) is 6.62. The summed E-state index contributed by atoms with van der Waals surface area (Å²) in [7, 11) is 0.